The summed E-state index contributed by atoms with van der Waals surface area (Å²) in [6, 6.07) is 12.2. The Morgan fingerprint density at radius 3 is 2.25 bits per heavy atom. The molecule has 0 aliphatic heterocycles. The number of aryl methyl sites for hydroxylation is 3. The molecule has 0 spiro atoms. The van der Waals surface area contributed by atoms with Crippen molar-refractivity contribution >= 4 is 29.2 Å². The van der Waals surface area contributed by atoms with Crippen molar-refractivity contribution in [2.75, 3.05) is 0 Å². The molecule has 1 unspecified atom stereocenters. The number of benzene rings is 2. The van der Waals surface area contributed by atoms with Gasteiger partial charge in [-0.3, -0.25) is 5.41 Å². The summed E-state index contributed by atoms with van der Waals surface area (Å²) in [7, 11) is 0. The molecular weight excluding hydrogens is 336 g/mol. The summed E-state index contributed by atoms with van der Waals surface area (Å²) in [5.41, 5.74) is 11.0. The largest absolute Gasteiger partial charge is 0.386 e. The lowest BCUT2D eigenvalue weighted by Crippen LogP contribution is -2.38. The van der Waals surface area contributed by atoms with Gasteiger partial charge in [-0.15, -0.1) is 11.8 Å². The lowest BCUT2D eigenvalue weighted by molar-refractivity contribution is 0.718. The minimum absolute atomic E-state index is 0.224. The van der Waals surface area contributed by atoms with E-state index in [0.29, 0.717) is 0 Å². The second kappa shape index (κ2) is 7.62. The van der Waals surface area contributed by atoms with Crippen molar-refractivity contribution < 1.29 is 0 Å². The number of thioether (sulfide) groups is 1. The van der Waals surface area contributed by atoms with E-state index in [1.165, 1.54) is 27.1 Å². The highest BCUT2D eigenvalue weighted by Crippen LogP contribution is 2.40. The molecule has 0 aliphatic rings. The van der Waals surface area contributed by atoms with Crippen molar-refractivity contribution in [1.82, 2.24) is 0 Å². The quantitative estimate of drug-likeness (QED) is 0.395. The molecule has 0 aromatic heterocycles. The number of hydrogen-bond donors (Lipinski definition) is 2. The predicted molar refractivity (Wildman–Crippen MR) is 107 cm³/mol. The number of halogens is 1. The van der Waals surface area contributed by atoms with E-state index in [9.17, 15) is 0 Å². The average Bonchev–Trinajstić information content (AvgIpc) is 2.54. The summed E-state index contributed by atoms with van der Waals surface area (Å²) in [4.78, 5) is 1.24. The second-order valence-corrected chi connectivity index (χ2v) is 8.48. The Balaban J connectivity index is 2.23. The first-order valence-electron chi connectivity index (χ1n) is 8.08. The van der Waals surface area contributed by atoms with E-state index < -0.39 is 4.75 Å². The Bertz CT molecular complexity index is 740. The van der Waals surface area contributed by atoms with Crippen LogP contribution in [-0.2, 0) is 6.42 Å². The Hall–Kier alpha value is -1.45. The molecule has 0 bridgehead atoms. The van der Waals surface area contributed by atoms with E-state index >= 15 is 0 Å². The van der Waals surface area contributed by atoms with Crippen LogP contribution in [0.3, 0.4) is 0 Å². The van der Waals surface area contributed by atoms with Crippen LogP contribution in [0, 0.1) is 26.2 Å². The average molecular weight is 361 g/mol. The van der Waals surface area contributed by atoms with Crippen LogP contribution in [0.4, 0.5) is 0 Å². The predicted octanol–water partition coefficient (Wildman–Crippen LogP) is 5.68. The van der Waals surface area contributed by atoms with Gasteiger partial charge in [0.2, 0.25) is 0 Å². The molecule has 1 atom stereocenters. The highest BCUT2D eigenvalue weighted by atomic mass is 35.5. The Labute approximate surface area is 154 Å². The van der Waals surface area contributed by atoms with Crippen LogP contribution in [0.1, 0.15) is 35.6 Å². The lowest BCUT2D eigenvalue weighted by Gasteiger charge is -2.29. The fourth-order valence-electron chi connectivity index (χ4n) is 2.58. The summed E-state index contributed by atoms with van der Waals surface area (Å²) in [6.45, 7) is 8.45. The fourth-order valence-corrected chi connectivity index (χ4v) is 4.02. The topological polar surface area (TPSA) is 49.9 Å². The first kappa shape index (κ1) is 18.9. The lowest BCUT2D eigenvalue weighted by atomic mass is 9.99. The summed E-state index contributed by atoms with van der Waals surface area (Å²) in [6.07, 6.45) is 1.67. The maximum Gasteiger partial charge on any atom is 0.107 e. The SMILES string of the molecule is Cc1ccc(C)c(SC(C)(CCc2ccc(Cl)cc2)C(=N)N)c1C. The molecule has 0 saturated carbocycles. The normalized spacial score (nSPS) is 13.5. The third-order valence-electron chi connectivity index (χ3n) is 4.57. The minimum atomic E-state index is -0.428. The van der Waals surface area contributed by atoms with Gasteiger partial charge in [0.05, 0.1) is 4.75 Å². The smallest absolute Gasteiger partial charge is 0.107 e. The summed E-state index contributed by atoms with van der Waals surface area (Å²) >= 11 is 7.66. The molecule has 24 heavy (non-hydrogen) atoms. The van der Waals surface area contributed by atoms with Crippen molar-refractivity contribution in [3.8, 4) is 0 Å². The van der Waals surface area contributed by atoms with Crippen molar-refractivity contribution in [1.29, 1.82) is 5.41 Å². The van der Waals surface area contributed by atoms with E-state index in [0.717, 1.165) is 17.9 Å². The fraction of sp³-hybridized carbons (Fsp3) is 0.350. The Morgan fingerprint density at radius 1 is 1.08 bits per heavy atom. The van der Waals surface area contributed by atoms with Gasteiger partial charge in [0.15, 0.2) is 0 Å². The molecule has 3 N–H and O–H groups in total. The van der Waals surface area contributed by atoms with Crippen molar-refractivity contribution in [3.05, 3.63) is 63.7 Å². The monoisotopic (exact) mass is 360 g/mol. The van der Waals surface area contributed by atoms with Gasteiger partial charge in [0.25, 0.3) is 0 Å². The molecule has 0 radical (unpaired) electrons. The summed E-state index contributed by atoms with van der Waals surface area (Å²) in [5, 5.41) is 8.87. The van der Waals surface area contributed by atoms with Crippen molar-refractivity contribution in [2.24, 2.45) is 5.73 Å². The van der Waals surface area contributed by atoms with Crippen LogP contribution in [0.2, 0.25) is 5.02 Å². The maximum absolute atomic E-state index is 8.13. The third-order valence-corrected chi connectivity index (χ3v) is 6.53. The summed E-state index contributed by atoms with van der Waals surface area (Å²) < 4.78 is -0.428. The van der Waals surface area contributed by atoms with Crippen LogP contribution in [0.25, 0.3) is 0 Å². The second-order valence-electron chi connectivity index (χ2n) is 6.53. The van der Waals surface area contributed by atoms with Gasteiger partial charge in [0.1, 0.15) is 5.84 Å². The van der Waals surface area contributed by atoms with E-state index in [-0.39, 0.29) is 5.84 Å². The van der Waals surface area contributed by atoms with E-state index in [2.05, 4.69) is 39.8 Å². The minimum Gasteiger partial charge on any atom is -0.386 e. The highest BCUT2D eigenvalue weighted by molar-refractivity contribution is 8.01. The van der Waals surface area contributed by atoms with Gasteiger partial charge in [-0.05, 0) is 74.9 Å². The molecule has 128 valence electrons. The van der Waals surface area contributed by atoms with Crippen LogP contribution in [-0.4, -0.2) is 10.6 Å². The molecule has 2 aromatic carbocycles. The first-order chi connectivity index (χ1) is 11.2. The van der Waals surface area contributed by atoms with Gasteiger partial charge < -0.3 is 5.73 Å². The van der Waals surface area contributed by atoms with Crippen molar-refractivity contribution in [2.45, 2.75) is 50.2 Å². The van der Waals surface area contributed by atoms with E-state index in [4.69, 9.17) is 22.7 Å². The van der Waals surface area contributed by atoms with Gasteiger partial charge in [0, 0.05) is 9.92 Å². The number of nitrogens with one attached hydrogen (secondary N) is 1. The van der Waals surface area contributed by atoms with Gasteiger partial charge in [-0.25, -0.2) is 0 Å². The van der Waals surface area contributed by atoms with Gasteiger partial charge in [-0.2, -0.15) is 0 Å². The molecule has 0 fully saturated rings. The molecule has 4 heteroatoms. The molecule has 0 saturated heterocycles. The molecule has 2 aromatic rings. The van der Waals surface area contributed by atoms with Crippen LogP contribution in [0.15, 0.2) is 41.3 Å². The zero-order valence-corrected chi connectivity index (χ0v) is 16.3. The Morgan fingerprint density at radius 2 is 1.67 bits per heavy atom. The van der Waals surface area contributed by atoms with Crippen molar-refractivity contribution in [3.63, 3.8) is 0 Å². The molecule has 0 heterocycles. The third kappa shape index (κ3) is 4.34. The van der Waals surface area contributed by atoms with Gasteiger partial charge in [-0.1, -0.05) is 35.9 Å². The van der Waals surface area contributed by atoms with E-state index in [1.807, 2.05) is 24.3 Å². The first-order valence-corrected chi connectivity index (χ1v) is 9.27. The molecule has 2 nitrogen and oxygen atoms in total. The molecular formula is C20H25ClN2S. The standard InChI is InChI=1S/C20H25ClN2S/c1-13-5-6-14(2)18(15(13)3)24-20(4,19(22)23)12-11-16-7-9-17(21)10-8-16/h5-10H,11-12H2,1-4H3,(H3,22,23). The maximum atomic E-state index is 8.13. The van der Waals surface area contributed by atoms with Crippen LogP contribution in [0.5, 0.6) is 0 Å². The highest BCUT2D eigenvalue weighted by Gasteiger charge is 2.30. The number of hydrogen-bond acceptors (Lipinski definition) is 2. The Kier molecular flexibility index (Phi) is 6.00. The summed E-state index contributed by atoms with van der Waals surface area (Å²) in [5.74, 6) is 0.224. The van der Waals surface area contributed by atoms with Gasteiger partial charge >= 0.3 is 0 Å². The zero-order valence-electron chi connectivity index (χ0n) is 14.7. The number of amidine groups is 1. The van der Waals surface area contributed by atoms with Crippen LogP contribution < -0.4 is 5.73 Å². The molecule has 2 rings (SSSR count). The number of rotatable bonds is 6. The molecule has 0 aliphatic carbocycles. The molecule has 0 amide bonds. The van der Waals surface area contributed by atoms with Crippen LogP contribution >= 0.6 is 23.4 Å². The number of nitrogens with two attached hydrogens (primary N) is 1. The zero-order chi connectivity index (χ0) is 17.9. The van der Waals surface area contributed by atoms with E-state index in [1.54, 1.807) is 11.8 Å².